The predicted octanol–water partition coefficient (Wildman–Crippen LogP) is 3.25. The number of rotatable bonds is 5. The minimum absolute atomic E-state index is 0.483. The van der Waals surface area contributed by atoms with E-state index in [4.69, 9.17) is 23.8 Å². The van der Waals surface area contributed by atoms with Crippen LogP contribution in [0.25, 0.3) is 11.0 Å². The van der Waals surface area contributed by atoms with E-state index in [0.29, 0.717) is 16.7 Å². The lowest BCUT2D eigenvalue weighted by Crippen LogP contribution is -2.41. The van der Waals surface area contributed by atoms with Gasteiger partial charge in [-0.2, -0.15) is 0 Å². The molecule has 0 unspecified atom stereocenters. The molecule has 0 saturated heterocycles. The zero-order valence-electron chi connectivity index (χ0n) is 12.3. The second kappa shape index (κ2) is 7.41. The van der Waals surface area contributed by atoms with Crippen LogP contribution in [0.5, 0.6) is 0 Å². The summed E-state index contributed by atoms with van der Waals surface area (Å²) < 4.78 is 0. The number of fused-ring (bicyclic) bond motifs is 1. The molecule has 0 fully saturated rings. The number of aromatic amines is 1. The van der Waals surface area contributed by atoms with E-state index in [2.05, 4.69) is 26.1 Å². The van der Waals surface area contributed by atoms with Crippen LogP contribution in [0.4, 0.5) is 5.69 Å². The first-order chi connectivity index (χ1) is 11.2. The van der Waals surface area contributed by atoms with Crippen LogP contribution in [-0.2, 0) is 6.42 Å². The highest BCUT2D eigenvalue weighted by Crippen LogP contribution is 2.14. The van der Waals surface area contributed by atoms with Crippen molar-refractivity contribution >= 4 is 45.7 Å². The normalized spacial score (nSPS) is 10.7. The quantitative estimate of drug-likeness (QED) is 0.325. The molecular formula is C16H16ClN5S. The summed E-state index contributed by atoms with van der Waals surface area (Å²) in [6, 6.07) is 15.4. The molecule has 0 spiro atoms. The zero-order chi connectivity index (χ0) is 16.1. The number of nitrogens with one attached hydrogen (secondary N) is 4. The molecule has 23 heavy (non-hydrogen) atoms. The van der Waals surface area contributed by atoms with Gasteiger partial charge < -0.3 is 10.3 Å². The average molecular weight is 346 g/mol. The molecule has 1 heterocycles. The fourth-order valence-corrected chi connectivity index (χ4v) is 2.56. The van der Waals surface area contributed by atoms with Gasteiger partial charge in [0.15, 0.2) is 5.11 Å². The summed E-state index contributed by atoms with van der Waals surface area (Å²) in [6.45, 7) is 0.692. The van der Waals surface area contributed by atoms with Crippen LogP contribution in [-0.4, -0.2) is 21.6 Å². The highest BCUT2D eigenvalue weighted by Gasteiger charge is 2.02. The Morgan fingerprint density at radius 3 is 2.87 bits per heavy atom. The lowest BCUT2D eigenvalue weighted by Gasteiger charge is -2.11. The van der Waals surface area contributed by atoms with Gasteiger partial charge in [0, 0.05) is 23.7 Å². The number of thiocarbonyl (C=S) groups is 1. The number of imidazole rings is 1. The summed E-state index contributed by atoms with van der Waals surface area (Å²) in [5.74, 6) is 0.939. The highest BCUT2D eigenvalue weighted by molar-refractivity contribution is 7.80. The number of hydrazine groups is 1. The van der Waals surface area contributed by atoms with Crippen molar-refractivity contribution in [2.45, 2.75) is 6.42 Å². The fraction of sp³-hybridized carbons (Fsp3) is 0.125. The summed E-state index contributed by atoms with van der Waals surface area (Å²) in [6.07, 6.45) is 0.765. The van der Waals surface area contributed by atoms with Gasteiger partial charge >= 0.3 is 0 Å². The van der Waals surface area contributed by atoms with Crippen LogP contribution in [0, 0.1) is 0 Å². The number of hydrogen-bond donors (Lipinski definition) is 4. The molecule has 0 radical (unpaired) electrons. The molecule has 0 aliphatic heterocycles. The van der Waals surface area contributed by atoms with E-state index in [1.54, 1.807) is 0 Å². The Bertz CT molecular complexity index is 784. The van der Waals surface area contributed by atoms with Gasteiger partial charge in [0.1, 0.15) is 5.82 Å². The molecule has 2 aromatic carbocycles. The Hall–Kier alpha value is -2.15. The van der Waals surface area contributed by atoms with Crippen LogP contribution in [0.2, 0.25) is 5.02 Å². The van der Waals surface area contributed by atoms with Crippen LogP contribution < -0.4 is 16.2 Å². The van der Waals surface area contributed by atoms with E-state index in [0.717, 1.165) is 29.0 Å². The number of benzene rings is 2. The second-order valence-electron chi connectivity index (χ2n) is 4.97. The maximum absolute atomic E-state index is 5.93. The van der Waals surface area contributed by atoms with Crippen molar-refractivity contribution in [2.75, 3.05) is 11.9 Å². The number of nitrogens with zero attached hydrogens (tertiary/aromatic N) is 1. The Balaban J connectivity index is 1.43. The number of H-pyrrole nitrogens is 1. The van der Waals surface area contributed by atoms with Gasteiger partial charge in [-0.15, -0.1) is 0 Å². The van der Waals surface area contributed by atoms with Crippen molar-refractivity contribution in [1.82, 2.24) is 20.8 Å². The molecule has 7 heteroatoms. The maximum Gasteiger partial charge on any atom is 0.185 e. The van der Waals surface area contributed by atoms with Gasteiger partial charge in [0.2, 0.25) is 0 Å². The molecule has 3 rings (SSSR count). The van der Waals surface area contributed by atoms with Crippen LogP contribution in [0.3, 0.4) is 0 Å². The van der Waals surface area contributed by atoms with Crippen LogP contribution in [0.1, 0.15) is 5.82 Å². The summed E-state index contributed by atoms with van der Waals surface area (Å²) >= 11 is 11.1. The molecule has 3 aromatic rings. The van der Waals surface area contributed by atoms with E-state index >= 15 is 0 Å². The molecule has 4 N–H and O–H groups in total. The number of aromatic nitrogens is 2. The molecule has 1 aromatic heterocycles. The van der Waals surface area contributed by atoms with E-state index in [9.17, 15) is 0 Å². The third kappa shape index (κ3) is 4.41. The van der Waals surface area contributed by atoms with Crippen molar-refractivity contribution in [3.63, 3.8) is 0 Å². The third-order valence-electron chi connectivity index (χ3n) is 3.21. The van der Waals surface area contributed by atoms with E-state index in [-0.39, 0.29) is 0 Å². The molecular weight excluding hydrogens is 330 g/mol. The van der Waals surface area contributed by atoms with Crippen molar-refractivity contribution in [2.24, 2.45) is 0 Å². The number of para-hydroxylation sites is 2. The SMILES string of the molecule is S=C(NNCCc1nc2ccccc2[nH]1)Nc1cccc(Cl)c1. The molecule has 0 saturated carbocycles. The van der Waals surface area contributed by atoms with E-state index in [1.807, 2.05) is 48.5 Å². The fourth-order valence-electron chi connectivity index (χ4n) is 2.18. The van der Waals surface area contributed by atoms with Gasteiger partial charge in [-0.1, -0.05) is 29.8 Å². The molecule has 0 bridgehead atoms. The monoisotopic (exact) mass is 345 g/mol. The maximum atomic E-state index is 5.93. The second-order valence-corrected chi connectivity index (χ2v) is 5.81. The predicted molar refractivity (Wildman–Crippen MR) is 98.6 cm³/mol. The standard InChI is InChI=1S/C16H16ClN5S/c17-11-4-3-5-12(10-11)19-16(23)22-18-9-8-15-20-13-6-1-2-7-14(13)21-15/h1-7,10,18H,8-9H2,(H,20,21)(H2,19,22,23). The Labute approximate surface area is 144 Å². The Kier molecular flexibility index (Phi) is 5.07. The lowest BCUT2D eigenvalue weighted by atomic mass is 10.3. The summed E-state index contributed by atoms with van der Waals surface area (Å²) in [5, 5.41) is 4.20. The van der Waals surface area contributed by atoms with Gasteiger partial charge in [-0.25, -0.2) is 10.4 Å². The summed E-state index contributed by atoms with van der Waals surface area (Å²) in [7, 11) is 0. The van der Waals surface area contributed by atoms with E-state index < -0.39 is 0 Å². The first-order valence-corrected chi connectivity index (χ1v) is 7.98. The first-order valence-electron chi connectivity index (χ1n) is 7.20. The largest absolute Gasteiger partial charge is 0.342 e. The highest BCUT2D eigenvalue weighted by atomic mass is 35.5. The van der Waals surface area contributed by atoms with Gasteiger partial charge in [0.05, 0.1) is 11.0 Å². The molecule has 118 valence electrons. The lowest BCUT2D eigenvalue weighted by molar-refractivity contribution is 0.644. The van der Waals surface area contributed by atoms with Gasteiger partial charge in [-0.3, -0.25) is 5.43 Å². The molecule has 0 atom stereocenters. The minimum atomic E-state index is 0.483. The zero-order valence-corrected chi connectivity index (χ0v) is 13.8. The Morgan fingerprint density at radius 2 is 2.04 bits per heavy atom. The van der Waals surface area contributed by atoms with Gasteiger partial charge in [-0.05, 0) is 42.5 Å². The first kappa shape index (κ1) is 15.7. The third-order valence-corrected chi connectivity index (χ3v) is 3.65. The number of hydrogen-bond acceptors (Lipinski definition) is 3. The Morgan fingerprint density at radius 1 is 1.17 bits per heavy atom. The topological polar surface area (TPSA) is 64.8 Å². The van der Waals surface area contributed by atoms with Crippen molar-refractivity contribution < 1.29 is 0 Å². The minimum Gasteiger partial charge on any atom is -0.342 e. The van der Waals surface area contributed by atoms with Crippen molar-refractivity contribution in [1.29, 1.82) is 0 Å². The summed E-state index contributed by atoms with van der Waals surface area (Å²) in [5.41, 5.74) is 8.88. The molecule has 0 aliphatic carbocycles. The molecule has 0 aliphatic rings. The van der Waals surface area contributed by atoms with Crippen LogP contribution >= 0.6 is 23.8 Å². The number of halogens is 1. The average Bonchev–Trinajstić information content (AvgIpc) is 2.94. The van der Waals surface area contributed by atoms with Crippen molar-refractivity contribution in [3.8, 4) is 0 Å². The van der Waals surface area contributed by atoms with Crippen molar-refractivity contribution in [3.05, 3.63) is 59.4 Å². The van der Waals surface area contributed by atoms with Crippen LogP contribution in [0.15, 0.2) is 48.5 Å². The van der Waals surface area contributed by atoms with Gasteiger partial charge in [0.25, 0.3) is 0 Å². The smallest absolute Gasteiger partial charge is 0.185 e. The van der Waals surface area contributed by atoms with E-state index in [1.165, 1.54) is 0 Å². The molecule has 5 nitrogen and oxygen atoms in total. The molecule has 0 amide bonds. The number of anilines is 1. The summed E-state index contributed by atoms with van der Waals surface area (Å²) in [4.78, 5) is 7.81.